The zero-order valence-corrected chi connectivity index (χ0v) is 55.4. The number of rotatable bonds is 20. The summed E-state index contributed by atoms with van der Waals surface area (Å²) in [5, 5.41) is 37.8. The second-order valence-electron chi connectivity index (χ2n) is 26.2. The summed E-state index contributed by atoms with van der Waals surface area (Å²) in [7, 11) is 3.24. The Morgan fingerprint density at radius 3 is 1.40 bits per heavy atom. The maximum atomic E-state index is 15.0. The van der Waals surface area contributed by atoms with Crippen molar-refractivity contribution in [3.05, 3.63) is 140 Å². The van der Waals surface area contributed by atoms with E-state index in [1.165, 1.54) is 52.3 Å². The van der Waals surface area contributed by atoms with Crippen molar-refractivity contribution in [3.8, 4) is 0 Å². The smallest absolute Gasteiger partial charge is 0.411 e. The van der Waals surface area contributed by atoms with Crippen molar-refractivity contribution < 1.29 is 52.8 Å². The van der Waals surface area contributed by atoms with Crippen LogP contribution in [0, 0.1) is 20.9 Å². The molecular weight excluding hydrogens is 1220 g/mol. The normalized spacial score (nSPS) is 20.5. The van der Waals surface area contributed by atoms with E-state index in [0.717, 1.165) is 47.9 Å². The van der Waals surface area contributed by atoms with E-state index in [0.29, 0.717) is 18.4 Å². The van der Waals surface area contributed by atoms with Gasteiger partial charge >= 0.3 is 6.09 Å². The van der Waals surface area contributed by atoms with Gasteiger partial charge in [-0.15, -0.1) is 24.8 Å². The minimum Gasteiger partial charge on any atom is -0.444 e. The molecule has 0 saturated carbocycles. The van der Waals surface area contributed by atoms with Crippen LogP contribution in [0.1, 0.15) is 155 Å². The summed E-state index contributed by atoms with van der Waals surface area (Å²) in [6, 6.07) is 16.9. The third kappa shape index (κ3) is 17.9. The van der Waals surface area contributed by atoms with Crippen LogP contribution in [0.25, 0.3) is 0 Å². The summed E-state index contributed by atoms with van der Waals surface area (Å²) in [6.07, 6.45) is 3.57. The molecule has 0 bridgehead atoms. The highest BCUT2D eigenvalue weighted by Crippen LogP contribution is 2.34. The molecule has 2 heterocycles. The van der Waals surface area contributed by atoms with Crippen molar-refractivity contribution in [1.29, 1.82) is 0 Å². The molecule has 9 amide bonds. The van der Waals surface area contributed by atoms with E-state index in [9.17, 15) is 53.3 Å². The highest BCUT2D eigenvalue weighted by Gasteiger charge is 2.48. The van der Waals surface area contributed by atoms with E-state index in [-0.39, 0.29) is 91.9 Å². The lowest BCUT2D eigenvalue weighted by atomic mass is 9.85. The standard InChI is InChI=1S/C66H86N12O12.2ClH/c1-37(67-9)56(79)74-54(65(3,4)5)62(85)76-34-45(32-52(76)60(83)72-50-23-15-19-40-17-11-13-21-48(40)50)69-58(81)42-29-43(31-44(30-42)71-64(87)90-36-39-25-27-47(28-26-39)78(88)89)59(82)70-46-33-53(61(84)73-51-24-16-20-41-18-12-14-22-49(41)51)77(35-46)63(86)55(66(6,7)8)75-57(80)38(2)68-10;;/h11-14,17-18,21-22,25-31,37-38,45-46,50-55,67-68H,15-16,19-20,23-24,32-36H2,1-10H3,(H,69,81)(H,70,82)(H,71,87)(H,72,83)(H,73,84)(H,74,79)(H,75,80);2*1H/t37-,38-,45-,46-,50+,51+,52-,53?,54+,55?;;/m0../s1. The van der Waals surface area contributed by atoms with Crippen molar-refractivity contribution in [2.45, 2.75) is 174 Å². The monoisotopic (exact) mass is 1310 g/mol. The molecule has 0 spiro atoms. The topological polar surface area (TPSA) is 321 Å². The number of likely N-dealkylation sites (N-methyl/N-ethyl adjacent to an activating group) is 2. The van der Waals surface area contributed by atoms with Crippen LogP contribution in [0.2, 0.25) is 0 Å². The van der Waals surface area contributed by atoms with Crippen LogP contribution in [0.15, 0.2) is 91.0 Å². The molecule has 498 valence electrons. The second-order valence-corrected chi connectivity index (χ2v) is 26.2. The van der Waals surface area contributed by atoms with Crippen molar-refractivity contribution >= 4 is 89.5 Å². The third-order valence-electron chi connectivity index (χ3n) is 17.5. The van der Waals surface area contributed by atoms with Crippen LogP contribution in [0.3, 0.4) is 0 Å². The summed E-state index contributed by atoms with van der Waals surface area (Å²) in [6.45, 7) is 13.5. The molecule has 8 rings (SSSR count). The molecule has 92 heavy (non-hydrogen) atoms. The number of anilines is 1. The molecule has 0 radical (unpaired) electrons. The molecule has 10 atom stereocenters. The molecular formula is C66H88Cl2N12O12. The number of nitrogens with zero attached hydrogens (tertiary/aromatic N) is 3. The van der Waals surface area contributed by atoms with Gasteiger partial charge in [0.25, 0.3) is 17.5 Å². The molecule has 4 aliphatic rings. The minimum absolute atomic E-state index is 0. The molecule has 9 N–H and O–H groups in total. The molecule has 0 aromatic heterocycles. The number of non-ortho nitro benzene ring substituents is 1. The fourth-order valence-electron chi connectivity index (χ4n) is 12.2. The number of benzene rings is 4. The Balaban J connectivity index is 0.00000672. The van der Waals surface area contributed by atoms with Crippen LogP contribution in [-0.2, 0) is 53.0 Å². The van der Waals surface area contributed by atoms with Gasteiger partial charge in [-0.05, 0) is 148 Å². The number of hydrogen-bond donors (Lipinski definition) is 9. The van der Waals surface area contributed by atoms with Gasteiger partial charge in [0.2, 0.25) is 35.4 Å². The zero-order chi connectivity index (χ0) is 65.4. The minimum atomic E-state index is -1.10. The fourth-order valence-corrected chi connectivity index (χ4v) is 12.2. The maximum absolute atomic E-state index is 15.0. The molecule has 24 nitrogen and oxygen atoms in total. The van der Waals surface area contributed by atoms with Gasteiger partial charge in [0.05, 0.1) is 29.1 Å². The number of likely N-dealkylation sites (tertiary alicyclic amines) is 2. The number of nitro groups is 1. The van der Waals surface area contributed by atoms with Gasteiger partial charge in [-0.25, -0.2) is 4.79 Å². The largest absolute Gasteiger partial charge is 0.444 e. The van der Waals surface area contributed by atoms with E-state index < -0.39 is 117 Å². The average Bonchev–Trinajstić information content (AvgIpc) is 1.60. The average molecular weight is 1310 g/mol. The summed E-state index contributed by atoms with van der Waals surface area (Å²) in [5.41, 5.74) is 2.42. The number of nitro benzene ring substituents is 1. The van der Waals surface area contributed by atoms with Gasteiger partial charge in [-0.1, -0.05) is 90.1 Å². The Labute approximate surface area is 549 Å². The predicted octanol–water partition coefficient (Wildman–Crippen LogP) is 6.25. The summed E-state index contributed by atoms with van der Waals surface area (Å²) >= 11 is 0. The fraction of sp³-hybridized carbons (Fsp3) is 0.500. The number of carbonyl (C=O) groups excluding carboxylic acids is 9. The van der Waals surface area contributed by atoms with Crippen molar-refractivity contribution in [1.82, 2.24) is 52.3 Å². The first-order valence-electron chi connectivity index (χ1n) is 30.9. The van der Waals surface area contributed by atoms with Crippen molar-refractivity contribution in [2.24, 2.45) is 10.8 Å². The van der Waals surface area contributed by atoms with Crippen molar-refractivity contribution in [2.75, 3.05) is 32.5 Å². The summed E-state index contributed by atoms with van der Waals surface area (Å²) < 4.78 is 5.47. The van der Waals surface area contributed by atoms with Crippen LogP contribution < -0.4 is 47.9 Å². The Kier molecular flexibility index (Phi) is 24.9. The number of ether oxygens (including phenoxy) is 1. The maximum Gasteiger partial charge on any atom is 0.411 e. The number of amides is 9. The van der Waals surface area contributed by atoms with Crippen LogP contribution in [0.5, 0.6) is 0 Å². The lowest BCUT2D eigenvalue weighted by molar-refractivity contribution is -0.384. The number of fused-ring (bicyclic) bond motifs is 2. The number of nitrogens with one attached hydrogen (secondary N) is 9. The SMILES string of the molecule is CN[C@@H](C)C(=O)NC(C(=O)N1C[C@@H](NC(=O)c2cc(NC(=O)OCc3ccc([N+](=O)[O-])cc3)cc(C(=O)N[C@H]3C[C@@H](C(=O)N[C@@H]4CCCc5ccccc54)N(C(=O)[C@@H](NC(=O)[C@H](C)NC)C(C)(C)C)C3)c2)CC1C(=O)N[C@@H]1CCCc2ccccc21)C(C)(C)C.Cl.Cl. The van der Waals surface area contributed by atoms with E-state index in [1.54, 1.807) is 69.5 Å². The van der Waals surface area contributed by atoms with Gasteiger partial charge in [0.15, 0.2) is 0 Å². The first-order chi connectivity index (χ1) is 42.6. The molecule has 26 heteroatoms. The van der Waals surface area contributed by atoms with Gasteiger partial charge in [0, 0.05) is 54.1 Å². The first kappa shape index (κ1) is 72.9. The van der Waals surface area contributed by atoms with Gasteiger partial charge in [-0.3, -0.25) is 53.8 Å². The van der Waals surface area contributed by atoms with Gasteiger partial charge in [-0.2, -0.15) is 0 Å². The van der Waals surface area contributed by atoms with Crippen LogP contribution >= 0.6 is 24.8 Å². The Bertz CT molecular complexity index is 3200. The van der Waals surface area contributed by atoms with E-state index >= 15 is 0 Å². The summed E-state index contributed by atoms with van der Waals surface area (Å²) in [4.78, 5) is 143. The molecule has 4 aromatic carbocycles. The highest BCUT2D eigenvalue weighted by atomic mass is 35.5. The molecule has 2 unspecified atom stereocenters. The van der Waals surface area contributed by atoms with E-state index in [1.807, 2.05) is 48.5 Å². The van der Waals surface area contributed by atoms with E-state index in [4.69, 9.17) is 4.74 Å². The molecule has 2 aliphatic heterocycles. The van der Waals surface area contributed by atoms with E-state index in [2.05, 4.69) is 47.9 Å². The Hall–Kier alpha value is -8.19. The predicted molar refractivity (Wildman–Crippen MR) is 351 cm³/mol. The van der Waals surface area contributed by atoms with Crippen LogP contribution in [0.4, 0.5) is 16.2 Å². The third-order valence-corrected chi connectivity index (χ3v) is 17.5. The number of halogens is 2. The quantitative estimate of drug-likeness (QED) is 0.0349. The molecule has 2 saturated heterocycles. The molecule has 2 fully saturated rings. The molecule has 4 aromatic rings. The highest BCUT2D eigenvalue weighted by molar-refractivity contribution is 6.03. The second kappa shape index (κ2) is 31.4. The van der Waals surface area contributed by atoms with Crippen LogP contribution in [-0.4, -0.2) is 144 Å². The lowest BCUT2D eigenvalue weighted by Crippen LogP contribution is -2.59. The Morgan fingerprint density at radius 1 is 0.598 bits per heavy atom. The zero-order valence-electron chi connectivity index (χ0n) is 53.8. The lowest BCUT2D eigenvalue weighted by Gasteiger charge is -2.36. The summed E-state index contributed by atoms with van der Waals surface area (Å²) in [5.74, 6) is -4.34. The number of carbonyl (C=O) groups is 9. The molecule has 2 aliphatic carbocycles. The first-order valence-corrected chi connectivity index (χ1v) is 30.9. The Morgan fingerprint density at radius 2 is 1.01 bits per heavy atom. The van der Waals surface area contributed by atoms with Gasteiger partial charge in [0.1, 0.15) is 30.8 Å². The number of aryl methyl sites for hydroxylation is 2. The number of hydrogen-bond acceptors (Lipinski definition) is 14. The van der Waals surface area contributed by atoms with Gasteiger partial charge < -0.3 is 57.1 Å². The van der Waals surface area contributed by atoms with Crippen molar-refractivity contribution in [3.63, 3.8) is 0 Å².